The fourth-order valence-electron chi connectivity index (χ4n) is 1.60. The molecule has 0 aliphatic rings. The lowest BCUT2D eigenvalue weighted by Crippen LogP contribution is -2.34. The molecule has 1 amide bonds. The smallest absolute Gasteiger partial charge is 0.246 e. The molecular formula is C11H20N4O2. The van der Waals surface area contributed by atoms with E-state index >= 15 is 0 Å². The van der Waals surface area contributed by atoms with E-state index in [2.05, 4.69) is 10.1 Å². The average molecular weight is 240 g/mol. The SMILES string of the molecule is CC(C(=O)N(C)CCCCCO)n1cncn1. The molecule has 0 saturated heterocycles. The molecule has 0 aliphatic carbocycles. The number of hydrogen-bond donors (Lipinski definition) is 1. The Bertz CT molecular complexity index is 326. The zero-order valence-electron chi connectivity index (χ0n) is 10.4. The van der Waals surface area contributed by atoms with Gasteiger partial charge in [-0.2, -0.15) is 5.10 Å². The van der Waals surface area contributed by atoms with E-state index in [-0.39, 0.29) is 18.6 Å². The van der Waals surface area contributed by atoms with E-state index < -0.39 is 0 Å². The van der Waals surface area contributed by atoms with Crippen LogP contribution in [0, 0.1) is 0 Å². The maximum Gasteiger partial charge on any atom is 0.246 e. The molecule has 1 atom stereocenters. The zero-order chi connectivity index (χ0) is 12.7. The molecule has 0 spiro atoms. The Morgan fingerprint density at radius 3 is 2.82 bits per heavy atom. The van der Waals surface area contributed by atoms with Gasteiger partial charge in [0.05, 0.1) is 0 Å². The van der Waals surface area contributed by atoms with Crippen molar-refractivity contribution in [2.24, 2.45) is 0 Å². The summed E-state index contributed by atoms with van der Waals surface area (Å²) in [6.07, 6.45) is 5.60. The van der Waals surface area contributed by atoms with Crippen LogP contribution >= 0.6 is 0 Å². The minimum atomic E-state index is -0.319. The van der Waals surface area contributed by atoms with Crippen molar-refractivity contribution in [2.75, 3.05) is 20.2 Å². The predicted molar refractivity (Wildman–Crippen MR) is 63.3 cm³/mol. The summed E-state index contributed by atoms with van der Waals surface area (Å²) in [7, 11) is 1.79. The number of likely N-dealkylation sites (N-methyl/N-ethyl adjacent to an activating group) is 1. The van der Waals surface area contributed by atoms with Gasteiger partial charge in [-0.25, -0.2) is 9.67 Å². The van der Waals surface area contributed by atoms with Gasteiger partial charge in [0.1, 0.15) is 18.7 Å². The summed E-state index contributed by atoms with van der Waals surface area (Å²) in [5, 5.41) is 12.6. The Hall–Kier alpha value is -1.43. The number of nitrogens with zero attached hydrogens (tertiary/aromatic N) is 4. The number of hydrogen-bond acceptors (Lipinski definition) is 4. The molecular weight excluding hydrogens is 220 g/mol. The number of aliphatic hydroxyl groups excluding tert-OH is 1. The molecule has 17 heavy (non-hydrogen) atoms. The minimum Gasteiger partial charge on any atom is -0.396 e. The van der Waals surface area contributed by atoms with Crippen molar-refractivity contribution in [3.63, 3.8) is 0 Å². The van der Waals surface area contributed by atoms with Crippen molar-refractivity contribution >= 4 is 5.91 Å². The molecule has 6 nitrogen and oxygen atoms in total. The Labute approximate surface area is 101 Å². The highest BCUT2D eigenvalue weighted by molar-refractivity contribution is 5.79. The van der Waals surface area contributed by atoms with Gasteiger partial charge in [0.25, 0.3) is 0 Å². The first-order valence-electron chi connectivity index (χ1n) is 5.86. The highest BCUT2D eigenvalue weighted by Crippen LogP contribution is 2.07. The summed E-state index contributed by atoms with van der Waals surface area (Å²) in [6.45, 7) is 2.73. The molecule has 0 saturated carbocycles. The third-order valence-corrected chi connectivity index (χ3v) is 2.72. The van der Waals surface area contributed by atoms with Gasteiger partial charge in [0.2, 0.25) is 5.91 Å². The van der Waals surface area contributed by atoms with E-state index in [0.29, 0.717) is 6.54 Å². The van der Waals surface area contributed by atoms with Crippen molar-refractivity contribution in [1.29, 1.82) is 0 Å². The Morgan fingerprint density at radius 1 is 1.47 bits per heavy atom. The molecule has 0 radical (unpaired) electrons. The maximum atomic E-state index is 12.0. The molecule has 0 fully saturated rings. The monoisotopic (exact) mass is 240 g/mol. The molecule has 1 aromatic rings. The van der Waals surface area contributed by atoms with Crippen molar-refractivity contribution in [3.05, 3.63) is 12.7 Å². The van der Waals surface area contributed by atoms with Crippen molar-refractivity contribution in [3.8, 4) is 0 Å². The lowest BCUT2D eigenvalue weighted by atomic mass is 10.2. The number of aliphatic hydroxyl groups is 1. The van der Waals surface area contributed by atoms with E-state index in [1.807, 2.05) is 0 Å². The van der Waals surface area contributed by atoms with Gasteiger partial charge in [-0.15, -0.1) is 0 Å². The van der Waals surface area contributed by atoms with E-state index in [1.54, 1.807) is 29.9 Å². The quantitative estimate of drug-likeness (QED) is 0.703. The lowest BCUT2D eigenvalue weighted by molar-refractivity contribution is -0.133. The number of carbonyl (C=O) groups is 1. The van der Waals surface area contributed by atoms with Crippen LogP contribution in [0.3, 0.4) is 0 Å². The third-order valence-electron chi connectivity index (χ3n) is 2.72. The number of rotatable bonds is 7. The van der Waals surface area contributed by atoms with Gasteiger partial charge in [0, 0.05) is 20.2 Å². The molecule has 1 aromatic heterocycles. The highest BCUT2D eigenvalue weighted by atomic mass is 16.2. The van der Waals surface area contributed by atoms with Crippen LogP contribution in [-0.4, -0.2) is 50.9 Å². The molecule has 0 aromatic carbocycles. The van der Waals surface area contributed by atoms with Crippen LogP contribution in [-0.2, 0) is 4.79 Å². The molecule has 6 heteroatoms. The summed E-state index contributed by atoms with van der Waals surface area (Å²) in [6, 6.07) is -0.319. The zero-order valence-corrected chi connectivity index (χ0v) is 10.4. The van der Waals surface area contributed by atoms with E-state index in [4.69, 9.17) is 5.11 Å². The molecule has 1 N–H and O–H groups in total. The van der Waals surface area contributed by atoms with Crippen LogP contribution in [0.15, 0.2) is 12.7 Å². The summed E-state index contributed by atoms with van der Waals surface area (Å²) in [5.41, 5.74) is 0. The van der Waals surface area contributed by atoms with Crippen LogP contribution < -0.4 is 0 Å². The van der Waals surface area contributed by atoms with Crippen LogP contribution in [0.1, 0.15) is 32.2 Å². The third kappa shape index (κ3) is 4.14. The highest BCUT2D eigenvalue weighted by Gasteiger charge is 2.18. The number of aromatic nitrogens is 3. The minimum absolute atomic E-state index is 0.0273. The molecule has 0 bridgehead atoms. The number of carbonyl (C=O) groups excluding carboxylic acids is 1. The molecule has 1 rings (SSSR count). The lowest BCUT2D eigenvalue weighted by Gasteiger charge is -2.21. The van der Waals surface area contributed by atoms with Crippen LogP contribution in [0.2, 0.25) is 0 Å². The van der Waals surface area contributed by atoms with Gasteiger partial charge >= 0.3 is 0 Å². The first kappa shape index (κ1) is 13.6. The second-order valence-electron chi connectivity index (χ2n) is 4.10. The first-order valence-corrected chi connectivity index (χ1v) is 5.86. The standard InChI is InChI=1S/C11H20N4O2/c1-10(15-9-12-8-13-15)11(17)14(2)6-4-3-5-7-16/h8-10,16H,3-7H2,1-2H3. The summed E-state index contributed by atoms with van der Waals surface area (Å²) < 4.78 is 1.55. The second kappa shape index (κ2) is 7.01. The number of amides is 1. The summed E-state index contributed by atoms with van der Waals surface area (Å²) >= 11 is 0. The molecule has 0 aliphatic heterocycles. The maximum absolute atomic E-state index is 12.0. The van der Waals surface area contributed by atoms with Gasteiger partial charge in [-0.05, 0) is 26.2 Å². The second-order valence-corrected chi connectivity index (χ2v) is 4.10. The van der Waals surface area contributed by atoms with Gasteiger partial charge in [-0.1, -0.05) is 0 Å². The molecule has 1 unspecified atom stereocenters. The number of unbranched alkanes of at least 4 members (excludes halogenated alkanes) is 2. The van der Waals surface area contributed by atoms with Gasteiger partial charge < -0.3 is 10.0 Å². The summed E-state index contributed by atoms with van der Waals surface area (Å²) in [4.78, 5) is 17.5. The normalized spacial score (nSPS) is 12.4. The Morgan fingerprint density at radius 2 is 2.24 bits per heavy atom. The molecule has 1 heterocycles. The van der Waals surface area contributed by atoms with Gasteiger partial charge in [-0.3, -0.25) is 4.79 Å². The fourth-order valence-corrected chi connectivity index (χ4v) is 1.60. The van der Waals surface area contributed by atoms with E-state index in [1.165, 1.54) is 6.33 Å². The van der Waals surface area contributed by atoms with Crippen molar-refractivity contribution in [1.82, 2.24) is 19.7 Å². The van der Waals surface area contributed by atoms with Crippen molar-refractivity contribution in [2.45, 2.75) is 32.2 Å². The summed E-state index contributed by atoms with van der Waals surface area (Å²) in [5.74, 6) is 0.0273. The average Bonchev–Trinajstić information content (AvgIpc) is 2.86. The van der Waals surface area contributed by atoms with E-state index in [0.717, 1.165) is 19.3 Å². The topological polar surface area (TPSA) is 71.2 Å². The predicted octanol–water partition coefficient (Wildman–Crippen LogP) is 0.460. The van der Waals surface area contributed by atoms with E-state index in [9.17, 15) is 4.79 Å². The Kier molecular flexibility index (Phi) is 5.62. The fraction of sp³-hybridized carbons (Fsp3) is 0.727. The largest absolute Gasteiger partial charge is 0.396 e. The van der Waals surface area contributed by atoms with Crippen LogP contribution in [0.25, 0.3) is 0 Å². The van der Waals surface area contributed by atoms with Gasteiger partial charge in [0.15, 0.2) is 0 Å². The van der Waals surface area contributed by atoms with Crippen molar-refractivity contribution < 1.29 is 9.90 Å². The van der Waals surface area contributed by atoms with Crippen LogP contribution in [0.5, 0.6) is 0 Å². The Balaban J connectivity index is 2.36. The molecule has 96 valence electrons. The van der Waals surface area contributed by atoms with Crippen LogP contribution in [0.4, 0.5) is 0 Å². The first-order chi connectivity index (χ1) is 8.16.